The van der Waals surface area contributed by atoms with Crippen LogP contribution in [0.1, 0.15) is 18.2 Å². The molecule has 140 valence electrons. The van der Waals surface area contributed by atoms with Gasteiger partial charge in [-0.05, 0) is 18.6 Å². The summed E-state index contributed by atoms with van der Waals surface area (Å²) in [5, 5.41) is 10.5. The van der Waals surface area contributed by atoms with Gasteiger partial charge in [0.25, 0.3) is 5.91 Å². The van der Waals surface area contributed by atoms with Gasteiger partial charge in [-0.2, -0.15) is 0 Å². The number of benzene rings is 1. The zero-order chi connectivity index (χ0) is 19.2. The summed E-state index contributed by atoms with van der Waals surface area (Å²) in [6.45, 7) is 2.65. The number of carbonyl (C=O) groups excluding carboxylic acids is 3. The van der Waals surface area contributed by atoms with E-state index in [2.05, 4.69) is 15.6 Å². The summed E-state index contributed by atoms with van der Waals surface area (Å²) in [5.74, 6) is -1.26. The molecule has 0 saturated carbocycles. The molecular formula is C18H19N5O4. The van der Waals surface area contributed by atoms with Crippen LogP contribution in [0.2, 0.25) is 0 Å². The van der Waals surface area contributed by atoms with Gasteiger partial charge in [0, 0.05) is 19.2 Å². The van der Waals surface area contributed by atoms with Crippen molar-refractivity contribution in [1.29, 1.82) is 0 Å². The minimum atomic E-state index is -1.06. The summed E-state index contributed by atoms with van der Waals surface area (Å²) < 4.78 is 6.70. The van der Waals surface area contributed by atoms with Crippen LogP contribution in [0.3, 0.4) is 0 Å². The van der Waals surface area contributed by atoms with Crippen molar-refractivity contribution in [2.45, 2.75) is 19.6 Å². The lowest BCUT2D eigenvalue weighted by Crippen LogP contribution is -2.41. The highest BCUT2D eigenvalue weighted by Crippen LogP contribution is 2.06. The summed E-state index contributed by atoms with van der Waals surface area (Å²) in [7, 11) is 0. The van der Waals surface area contributed by atoms with Crippen LogP contribution in [0.15, 0.2) is 42.6 Å². The van der Waals surface area contributed by atoms with E-state index in [1.165, 1.54) is 19.1 Å². The first-order valence-corrected chi connectivity index (χ1v) is 8.45. The van der Waals surface area contributed by atoms with Crippen molar-refractivity contribution in [1.82, 2.24) is 25.2 Å². The molecule has 27 heavy (non-hydrogen) atoms. The molecule has 0 aliphatic carbocycles. The van der Waals surface area contributed by atoms with Crippen LogP contribution in [0.25, 0.3) is 6.08 Å². The standard InChI is InChI=1S/C18H19N5O4/c1-13(17(25)23-10-9-19-18(23)26)27-16(24)8-7-15-12-22(21-20-15)11-14-5-3-2-4-6-14/h2-8,12-13H,9-11H2,1H3,(H,19,26)/b8-7+/t13-/m0/s1. The molecule has 1 saturated heterocycles. The molecule has 1 aromatic heterocycles. The number of nitrogens with one attached hydrogen (secondary N) is 1. The second kappa shape index (κ2) is 8.26. The molecule has 2 aromatic rings. The lowest BCUT2D eigenvalue weighted by molar-refractivity contribution is -0.153. The molecule has 0 radical (unpaired) electrons. The van der Waals surface area contributed by atoms with Crippen molar-refractivity contribution in [2.75, 3.05) is 13.1 Å². The Morgan fingerprint density at radius 3 is 2.81 bits per heavy atom. The third kappa shape index (κ3) is 4.78. The lowest BCUT2D eigenvalue weighted by Gasteiger charge is -2.17. The van der Waals surface area contributed by atoms with Crippen LogP contribution >= 0.6 is 0 Å². The molecule has 1 aliphatic heterocycles. The number of urea groups is 1. The number of imide groups is 1. The lowest BCUT2D eigenvalue weighted by atomic mass is 10.2. The van der Waals surface area contributed by atoms with E-state index in [4.69, 9.17) is 4.74 Å². The summed E-state index contributed by atoms with van der Waals surface area (Å²) >= 11 is 0. The van der Waals surface area contributed by atoms with E-state index in [9.17, 15) is 14.4 Å². The Morgan fingerprint density at radius 1 is 1.33 bits per heavy atom. The van der Waals surface area contributed by atoms with Gasteiger partial charge in [0.2, 0.25) is 0 Å². The van der Waals surface area contributed by atoms with E-state index in [1.807, 2.05) is 30.3 Å². The van der Waals surface area contributed by atoms with Crippen molar-refractivity contribution in [3.63, 3.8) is 0 Å². The Kier molecular flexibility index (Phi) is 5.60. The van der Waals surface area contributed by atoms with E-state index in [-0.39, 0.29) is 6.54 Å². The smallest absolute Gasteiger partial charge is 0.331 e. The number of aromatic nitrogens is 3. The molecule has 0 spiro atoms. The normalized spacial score (nSPS) is 15.0. The fourth-order valence-corrected chi connectivity index (χ4v) is 2.56. The molecule has 1 atom stereocenters. The maximum atomic E-state index is 12.1. The second-order valence-corrected chi connectivity index (χ2v) is 5.96. The first kappa shape index (κ1) is 18.3. The van der Waals surface area contributed by atoms with Gasteiger partial charge >= 0.3 is 12.0 Å². The van der Waals surface area contributed by atoms with Gasteiger partial charge < -0.3 is 10.1 Å². The molecule has 9 heteroatoms. The van der Waals surface area contributed by atoms with E-state index in [0.717, 1.165) is 10.5 Å². The number of carbonyl (C=O) groups is 3. The predicted octanol–water partition coefficient (Wildman–Crippen LogP) is 0.823. The quantitative estimate of drug-likeness (QED) is 0.597. The maximum absolute atomic E-state index is 12.1. The molecule has 2 heterocycles. The van der Waals surface area contributed by atoms with Gasteiger partial charge in [-0.3, -0.25) is 9.69 Å². The number of nitrogens with zero attached hydrogens (tertiary/aromatic N) is 4. The highest BCUT2D eigenvalue weighted by Gasteiger charge is 2.31. The van der Waals surface area contributed by atoms with Gasteiger partial charge in [-0.15, -0.1) is 5.10 Å². The van der Waals surface area contributed by atoms with Crippen molar-refractivity contribution in [3.8, 4) is 0 Å². The van der Waals surface area contributed by atoms with Gasteiger partial charge in [-0.25, -0.2) is 14.3 Å². The third-order valence-electron chi connectivity index (χ3n) is 3.90. The Morgan fingerprint density at radius 2 is 2.11 bits per heavy atom. The molecule has 1 N–H and O–H groups in total. The number of amides is 3. The van der Waals surface area contributed by atoms with Crippen LogP contribution in [0.5, 0.6) is 0 Å². The fraction of sp³-hybridized carbons (Fsp3) is 0.278. The number of ether oxygens (including phenoxy) is 1. The molecule has 1 aromatic carbocycles. The van der Waals surface area contributed by atoms with E-state index < -0.39 is 24.0 Å². The third-order valence-corrected chi connectivity index (χ3v) is 3.90. The minimum Gasteiger partial charge on any atom is -0.449 e. The molecular weight excluding hydrogens is 350 g/mol. The second-order valence-electron chi connectivity index (χ2n) is 5.96. The summed E-state index contributed by atoms with van der Waals surface area (Å²) in [6, 6.07) is 9.30. The number of rotatable bonds is 6. The minimum absolute atomic E-state index is 0.264. The highest BCUT2D eigenvalue weighted by molar-refractivity contribution is 5.99. The summed E-state index contributed by atoms with van der Waals surface area (Å²) in [6.07, 6.45) is 3.26. The van der Waals surface area contributed by atoms with Crippen molar-refractivity contribution in [3.05, 3.63) is 53.9 Å². The van der Waals surface area contributed by atoms with Gasteiger partial charge in [0.15, 0.2) is 6.10 Å². The fourth-order valence-electron chi connectivity index (χ4n) is 2.56. The van der Waals surface area contributed by atoms with Crippen LogP contribution in [0.4, 0.5) is 4.79 Å². The van der Waals surface area contributed by atoms with E-state index >= 15 is 0 Å². The van der Waals surface area contributed by atoms with Gasteiger partial charge in [0.1, 0.15) is 5.69 Å². The first-order chi connectivity index (χ1) is 13.0. The monoisotopic (exact) mass is 369 g/mol. The Balaban J connectivity index is 1.52. The maximum Gasteiger partial charge on any atom is 0.331 e. The highest BCUT2D eigenvalue weighted by atomic mass is 16.5. The van der Waals surface area contributed by atoms with Crippen LogP contribution < -0.4 is 5.32 Å². The molecule has 3 rings (SSSR count). The zero-order valence-corrected chi connectivity index (χ0v) is 14.7. The summed E-state index contributed by atoms with van der Waals surface area (Å²) in [5.41, 5.74) is 1.57. The molecule has 1 aliphatic rings. The SMILES string of the molecule is C[C@H](OC(=O)/C=C/c1cn(Cc2ccccc2)nn1)C(=O)N1CCNC1=O. The van der Waals surface area contributed by atoms with Gasteiger partial charge in [-0.1, -0.05) is 35.5 Å². The topological polar surface area (TPSA) is 106 Å². The number of hydrogen-bond donors (Lipinski definition) is 1. The first-order valence-electron chi connectivity index (χ1n) is 8.45. The number of esters is 1. The van der Waals surface area contributed by atoms with Crippen molar-refractivity contribution < 1.29 is 19.1 Å². The molecule has 0 unspecified atom stereocenters. The Bertz CT molecular complexity index is 862. The van der Waals surface area contributed by atoms with Crippen LogP contribution in [-0.2, 0) is 20.9 Å². The average molecular weight is 369 g/mol. The zero-order valence-electron chi connectivity index (χ0n) is 14.7. The number of hydrogen-bond acceptors (Lipinski definition) is 6. The Labute approximate surface area is 155 Å². The largest absolute Gasteiger partial charge is 0.449 e. The van der Waals surface area contributed by atoms with Crippen molar-refractivity contribution >= 4 is 24.0 Å². The Hall–Kier alpha value is -3.49. The predicted molar refractivity (Wildman–Crippen MR) is 95.3 cm³/mol. The molecule has 1 fully saturated rings. The van der Waals surface area contributed by atoms with Gasteiger partial charge in [0.05, 0.1) is 12.7 Å². The van der Waals surface area contributed by atoms with Crippen LogP contribution in [-0.4, -0.2) is 57.0 Å². The van der Waals surface area contributed by atoms with Crippen molar-refractivity contribution in [2.24, 2.45) is 0 Å². The average Bonchev–Trinajstić information content (AvgIpc) is 3.29. The molecule has 9 nitrogen and oxygen atoms in total. The van der Waals surface area contributed by atoms with Crippen LogP contribution in [0, 0.1) is 0 Å². The summed E-state index contributed by atoms with van der Waals surface area (Å²) in [4.78, 5) is 36.5. The van der Waals surface area contributed by atoms with E-state index in [0.29, 0.717) is 18.8 Å². The molecule has 3 amide bonds. The molecule has 0 bridgehead atoms. The van der Waals surface area contributed by atoms with E-state index in [1.54, 1.807) is 10.9 Å².